The normalized spacial score (nSPS) is 15.4. The molecule has 0 aromatic rings. The number of carbonyl (C=O) groups is 1. The zero-order valence-corrected chi connectivity index (χ0v) is 16.7. The number of unbranched alkanes of at least 4 members (excludes halogenated alkanes) is 4. The van der Waals surface area contributed by atoms with E-state index in [9.17, 15) is 4.79 Å². The topological polar surface area (TPSA) is 37.3 Å². The maximum Gasteiger partial charge on any atom is 0.303 e. The first-order valence-electron chi connectivity index (χ1n) is 9.91. The summed E-state index contributed by atoms with van der Waals surface area (Å²) >= 11 is 0. The lowest BCUT2D eigenvalue weighted by Crippen LogP contribution is -1.98. The Morgan fingerprint density at radius 1 is 0.875 bits per heavy atom. The molecular weight excluding hydrogens is 296 g/mol. The van der Waals surface area contributed by atoms with Gasteiger partial charge in [-0.05, 0) is 51.4 Å². The van der Waals surface area contributed by atoms with Crippen molar-refractivity contribution in [2.75, 3.05) is 0 Å². The Morgan fingerprint density at radius 2 is 1.38 bits per heavy atom. The molecule has 0 unspecified atom stereocenters. The lowest BCUT2D eigenvalue weighted by molar-refractivity contribution is -0.137. The number of rotatable bonds is 14. The van der Waals surface area contributed by atoms with E-state index >= 15 is 0 Å². The van der Waals surface area contributed by atoms with E-state index in [0.717, 1.165) is 19.3 Å². The molecule has 0 fully saturated rings. The summed E-state index contributed by atoms with van der Waals surface area (Å²) in [5, 5.41) is 8.69. The monoisotopic (exact) mass is 336 g/mol. The first-order chi connectivity index (χ1) is 11.3. The number of carboxylic acids is 1. The lowest BCUT2D eigenvalue weighted by Gasteiger charge is -2.11. The summed E-state index contributed by atoms with van der Waals surface area (Å²) in [6, 6.07) is 0. The Hall–Kier alpha value is -1.05. The average molecular weight is 337 g/mol. The van der Waals surface area contributed by atoms with Gasteiger partial charge < -0.3 is 5.11 Å². The summed E-state index contributed by atoms with van der Waals surface area (Å²) < 4.78 is 0. The molecule has 0 saturated carbocycles. The number of aliphatic carboxylic acids is 1. The highest BCUT2D eigenvalue weighted by Crippen LogP contribution is 2.19. The van der Waals surface area contributed by atoms with E-state index in [4.69, 9.17) is 5.11 Å². The minimum atomic E-state index is -0.689. The molecule has 0 rings (SSSR count). The van der Waals surface area contributed by atoms with Crippen LogP contribution in [0.25, 0.3) is 0 Å². The van der Waals surface area contributed by atoms with Crippen molar-refractivity contribution in [2.45, 2.75) is 98.8 Å². The van der Waals surface area contributed by atoms with Crippen molar-refractivity contribution >= 4 is 5.97 Å². The van der Waals surface area contributed by atoms with Gasteiger partial charge in [-0.2, -0.15) is 0 Å². The molecule has 0 saturated heterocycles. The van der Waals surface area contributed by atoms with Crippen molar-refractivity contribution in [3.63, 3.8) is 0 Å². The van der Waals surface area contributed by atoms with Crippen molar-refractivity contribution in [1.82, 2.24) is 0 Å². The SMILES string of the molecule is CCCCCCC[C@@H](C)/C=C(/C)C/C(C)=C/[C@H](C)CCCC(=O)O. The maximum atomic E-state index is 10.6. The molecule has 0 aliphatic rings. The van der Waals surface area contributed by atoms with Crippen LogP contribution in [0.1, 0.15) is 98.8 Å². The van der Waals surface area contributed by atoms with E-state index in [-0.39, 0.29) is 6.42 Å². The van der Waals surface area contributed by atoms with Crippen molar-refractivity contribution in [3.05, 3.63) is 23.3 Å². The molecule has 2 heteroatoms. The largest absolute Gasteiger partial charge is 0.481 e. The smallest absolute Gasteiger partial charge is 0.303 e. The standard InChI is InChI=1S/C22H40O2/c1-6-7-8-9-10-12-18(2)15-20(4)17-21(5)16-19(3)13-11-14-22(23)24/h15-16,18-19H,6-14,17H2,1-5H3,(H,23,24)/b20-15-,21-16+/t18-,19-/m1/s1. The molecule has 0 aliphatic heterocycles. The predicted molar refractivity (Wildman–Crippen MR) is 105 cm³/mol. The summed E-state index contributed by atoms with van der Waals surface area (Å²) in [6.45, 7) is 11.2. The Labute approximate surface area is 150 Å². The fourth-order valence-corrected chi connectivity index (χ4v) is 3.34. The van der Waals surface area contributed by atoms with Crippen LogP contribution in [0.3, 0.4) is 0 Å². The van der Waals surface area contributed by atoms with Gasteiger partial charge in [-0.25, -0.2) is 0 Å². The zero-order valence-electron chi connectivity index (χ0n) is 16.7. The van der Waals surface area contributed by atoms with Gasteiger partial charge in [0, 0.05) is 6.42 Å². The van der Waals surface area contributed by atoms with Gasteiger partial charge in [-0.3, -0.25) is 4.79 Å². The molecule has 0 aliphatic carbocycles. The summed E-state index contributed by atoms with van der Waals surface area (Å²) in [7, 11) is 0. The molecule has 0 aromatic heterocycles. The quantitative estimate of drug-likeness (QED) is 0.270. The molecule has 0 aromatic carbocycles. The molecular formula is C22H40O2. The second kappa shape index (κ2) is 14.3. The third-order valence-electron chi connectivity index (χ3n) is 4.51. The summed E-state index contributed by atoms with van der Waals surface area (Å²) in [5.41, 5.74) is 2.87. The van der Waals surface area contributed by atoms with Crippen LogP contribution in [0.15, 0.2) is 23.3 Å². The van der Waals surface area contributed by atoms with Gasteiger partial charge in [-0.15, -0.1) is 0 Å². The molecule has 140 valence electrons. The lowest BCUT2D eigenvalue weighted by atomic mass is 9.95. The second-order valence-electron chi connectivity index (χ2n) is 7.65. The minimum absolute atomic E-state index is 0.284. The first kappa shape index (κ1) is 22.9. The van der Waals surface area contributed by atoms with Crippen LogP contribution in [0, 0.1) is 11.8 Å². The average Bonchev–Trinajstić information content (AvgIpc) is 2.45. The van der Waals surface area contributed by atoms with Crippen LogP contribution in [0.2, 0.25) is 0 Å². The van der Waals surface area contributed by atoms with Crippen molar-refractivity contribution < 1.29 is 9.90 Å². The van der Waals surface area contributed by atoms with E-state index in [1.165, 1.54) is 49.7 Å². The molecule has 0 amide bonds. The van der Waals surface area contributed by atoms with Crippen LogP contribution < -0.4 is 0 Å². The number of carboxylic acid groups (broad SMARTS) is 1. The Bertz CT molecular complexity index is 393. The third kappa shape index (κ3) is 14.5. The van der Waals surface area contributed by atoms with Gasteiger partial charge in [0.2, 0.25) is 0 Å². The molecule has 2 nitrogen and oxygen atoms in total. The molecule has 24 heavy (non-hydrogen) atoms. The fraction of sp³-hybridized carbons (Fsp3) is 0.773. The number of hydrogen-bond donors (Lipinski definition) is 1. The van der Waals surface area contributed by atoms with E-state index in [1.807, 2.05) is 0 Å². The van der Waals surface area contributed by atoms with Gasteiger partial charge in [0.1, 0.15) is 0 Å². The zero-order chi connectivity index (χ0) is 18.4. The Balaban J connectivity index is 4.10. The van der Waals surface area contributed by atoms with Crippen LogP contribution in [-0.2, 0) is 4.79 Å². The van der Waals surface area contributed by atoms with Crippen LogP contribution in [-0.4, -0.2) is 11.1 Å². The fourth-order valence-electron chi connectivity index (χ4n) is 3.34. The second-order valence-corrected chi connectivity index (χ2v) is 7.65. The minimum Gasteiger partial charge on any atom is -0.481 e. The van der Waals surface area contributed by atoms with Gasteiger partial charge in [0.15, 0.2) is 0 Å². The van der Waals surface area contributed by atoms with Gasteiger partial charge >= 0.3 is 5.97 Å². The predicted octanol–water partition coefficient (Wildman–Crippen LogP) is 7.16. The molecule has 1 N–H and O–H groups in total. The number of hydrogen-bond acceptors (Lipinski definition) is 1. The summed E-state index contributed by atoms with van der Waals surface area (Å²) in [6.07, 6.45) is 15.9. The maximum absolute atomic E-state index is 10.6. The van der Waals surface area contributed by atoms with Crippen molar-refractivity contribution in [3.8, 4) is 0 Å². The summed E-state index contributed by atoms with van der Waals surface area (Å²) in [4.78, 5) is 10.6. The molecule has 0 heterocycles. The van der Waals surface area contributed by atoms with E-state index in [2.05, 4.69) is 46.8 Å². The van der Waals surface area contributed by atoms with Gasteiger partial charge in [0.25, 0.3) is 0 Å². The van der Waals surface area contributed by atoms with Gasteiger partial charge in [-0.1, -0.05) is 76.2 Å². The summed E-state index contributed by atoms with van der Waals surface area (Å²) in [5.74, 6) is 0.450. The van der Waals surface area contributed by atoms with E-state index in [0.29, 0.717) is 11.8 Å². The van der Waals surface area contributed by atoms with Crippen molar-refractivity contribution in [2.24, 2.45) is 11.8 Å². The Kier molecular flexibility index (Phi) is 13.7. The van der Waals surface area contributed by atoms with Crippen LogP contribution in [0.5, 0.6) is 0 Å². The van der Waals surface area contributed by atoms with E-state index < -0.39 is 5.97 Å². The molecule has 0 radical (unpaired) electrons. The number of allylic oxidation sites excluding steroid dienone is 4. The Morgan fingerprint density at radius 3 is 1.88 bits per heavy atom. The van der Waals surface area contributed by atoms with Crippen LogP contribution >= 0.6 is 0 Å². The van der Waals surface area contributed by atoms with Crippen LogP contribution in [0.4, 0.5) is 0 Å². The molecule has 0 spiro atoms. The highest BCUT2D eigenvalue weighted by molar-refractivity contribution is 5.66. The first-order valence-corrected chi connectivity index (χ1v) is 9.91. The molecule has 0 bridgehead atoms. The van der Waals surface area contributed by atoms with Gasteiger partial charge in [0.05, 0.1) is 0 Å². The van der Waals surface area contributed by atoms with Crippen molar-refractivity contribution in [1.29, 1.82) is 0 Å². The molecule has 2 atom stereocenters. The third-order valence-corrected chi connectivity index (χ3v) is 4.51. The highest BCUT2D eigenvalue weighted by atomic mass is 16.4. The van der Waals surface area contributed by atoms with E-state index in [1.54, 1.807) is 0 Å². The highest BCUT2D eigenvalue weighted by Gasteiger charge is 2.04.